The second-order valence-electron chi connectivity index (χ2n) is 13.0. The van der Waals surface area contributed by atoms with Gasteiger partial charge in [-0.05, 0) is 47.3 Å². The zero-order chi connectivity index (χ0) is 28.8. The maximum atomic E-state index is 14.1. The summed E-state index contributed by atoms with van der Waals surface area (Å²) in [5.41, 5.74) is 6.27. The first-order chi connectivity index (χ1) is 19.0. The first-order valence-electron chi connectivity index (χ1n) is 14.2. The van der Waals surface area contributed by atoms with Gasteiger partial charge in [-0.25, -0.2) is 0 Å². The van der Waals surface area contributed by atoms with Crippen LogP contribution in [0.15, 0.2) is 77.7 Å². The van der Waals surface area contributed by atoms with Crippen molar-refractivity contribution in [3.8, 4) is 11.5 Å². The Bertz CT molecular complexity index is 1370. The van der Waals surface area contributed by atoms with Crippen LogP contribution in [0.5, 0.6) is 11.5 Å². The maximum Gasteiger partial charge on any atom is 0.164 e. The van der Waals surface area contributed by atoms with E-state index in [9.17, 15) is 9.59 Å². The second-order valence-corrected chi connectivity index (χ2v) is 13.0. The third-order valence-corrected chi connectivity index (χ3v) is 8.48. The molecule has 3 aliphatic rings. The molecule has 2 aromatic carbocycles. The number of rotatable bonds is 7. The lowest BCUT2D eigenvalue weighted by atomic mass is 9.63. The van der Waals surface area contributed by atoms with Gasteiger partial charge in [-0.2, -0.15) is 0 Å². The van der Waals surface area contributed by atoms with E-state index < -0.39 is 5.92 Å². The standard InChI is InChI=1S/C35H41NO4/c1-8-12-23-15-24(16-29(39-6)33(23)40-7)30-31-25(17-34(2,3)19-27(31)37)36(21-22-13-10-9-11-14-22)26-18-35(4,5)20-28(38)32(26)30/h8-11,13-16,30H,1,12,17-21H2,2-7H3. The van der Waals surface area contributed by atoms with Crippen LogP contribution >= 0.6 is 0 Å². The number of ketones is 2. The monoisotopic (exact) mass is 539 g/mol. The van der Waals surface area contributed by atoms with Crippen molar-refractivity contribution in [2.75, 3.05) is 14.2 Å². The molecule has 5 rings (SSSR count). The van der Waals surface area contributed by atoms with E-state index in [0.717, 1.165) is 52.1 Å². The summed E-state index contributed by atoms with van der Waals surface area (Å²) in [6, 6.07) is 14.4. The van der Waals surface area contributed by atoms with Crippen molar-refractivity contribution in [2.45, 2.75) is 72.3 Å². The molecule has 2 aromatic rings. The highest BCUT2D eigenvalue weighted by Crippen LogP contribution is 2.55. The van der Waals surface area contributed by atoms with E-state index in [2.05, 4.69) is 57.4 Å². The van der Waals surface area contributed by atoms with Gasteiger partial charge in [0, 0.05) is 53.4 Å². The van der Waals surface area contributed by atoms with Crippen molar-refractivity contribution >= 4 is 11.6 Å². The Labute approximate surface area is 238 Å². The van der Waals surface area contributed by atoms with Crippen LogP contribution in [0.25, 0.3) is 0 Å². The molecule has 5 nitrogen and oxygen atoms in total. The summed E-state index contributed by atoms with van der Waals surface area (Å²) in [4.78, 5) is 30.6. The largest absolute Gasteiger partial charge is 0.493 e. The maximum absolute atomic E-state index is 14.1. The average Bonchev–Trinajstić information content (AvgIpc) is 2.88. The van der Waals surface area contributed by atoms with Gasteiger partial charge in [-0.15, -0.1) is 6.58 Å². The number of hydrogen-bond donors (Lipinski definition) is 0. The molecule has 0 aromatic heterocycles. The van der Waals surface area contributed by atoms with Crippen molar-refractivity contribution in [3.63, 3.8) is 0 Å². The number of carbonyl (C=O) groups is 2. The summed E-state index contributed by atoms with van der Waals surface area (Å²) < 4.78 is 11.5. The fourth-order valence-electron chi connectivity index (χ4n) is 6.88. The number of benzene rings is 2. The van der Waals surface area contributed by atoms with Gasteiger partial charge < -0.3 is 14.4 Å². The van der Waals surface area contributed by atoms with Gasteiger partial charge in [0.2, 0.25) is 0 Å². The fraction of sp³-hybridized carbons (Fsp3) is 0.429. The molecule has 0 bridgehead atoms. The summed E-state index contributed by atoms with van der Waals surface area (Å²) in [6.45, 7) is 13.2. The van der Waals surface area contributed by atoms with Gasteiger partial charge in [-0.3, -0.25) is 9.59 Å². The summed E-state index contributed by atoms with van der Waals surface area (Å²) in [5, 5.41) is 0. The van der Waals surface area contributed by atoms with E-state index in [4.69, 9.17) is 9.47 Å². The molecule has 1 heterocycles. The van der Waals surface area contributed by atoms with Crippen LogP contribution in [0.4, 0.5) is 0 Å². The molecule has 0 fully saturated rings. The number of allylic oxidation sites excluding steroid dienone is 5. The number of hydrogen-bond acceptors (Lipinski definition) is 5. The molecule has 210 valence electrons. The van der Waals surface area contributed by atoms with Crippen LogP contribution in [0, 0.1) is 10.8 Å². The smallest absolute Gasteiger partial charge is 0.164 e. The first-order valence-corrected chi connectivity index (χ1v) is 14.2. The lowest BCUT2D eigenvalue weighted by molar-refractivity contribution is -0.119. The Hall–Kier alpha value is -3.60. The van der Waals surface area contributed by atoms with Crippen molar-refractivity contribution < 1.29 is 19.1 Å². The highest BCUT2D eigenvalue weighted by molar-refractivity contribution is 6.06. The summed E-state index contributed by atoms with van der Waals surface area (Å²) in [5.74, 6) is 1.06. The molecule has 0 atom stereocenters. The molecular formula is C35H41NO4. The lowest BCUT2D eigenvalue weighted by Gasteiger charge is -2.49. The zero-order valence-corrected chi connectivity index (χ0v) is 24.7. The van der Waals surface area contributed by atoms with Crippen LogP contribution < -0.4 is 9.47 Å². The normalized spacial score (nSPS) is 20.3. The lowest BCUT2D eigenvalue weighted by Crippen LogP contribution is -2.44. The second kappa shape index (κ2) is 10.4. The first kappa shape index (κ1) is 27.9. The topological polar surface area (TPSA) is 55.8 Å². The van der Waals surface area contributed by atoms with Gasteiger partial charge >= 0.3 is 0 Å². The molecular weight excluding hydrogens is 498 g/mol. The van der Waals surface area contributed by atoms with Crippen LogP contribution in [0.3, 0.4) is 0 Å². The summed E-state index contributed by atoms with van der Waals surface area (Å²) >= 11 is 0. The molecule has 1 aliphatic heterocycles. The Morgan fingerprint density at radius 1 is 0.875 bits per heavy atom. The van der Waals surface area contributed by atoms with Crippen molar-refractivity contribution in [2.24, 2.45) is 10.8 Å². The minimum Gasteiger partial charge on any atom is -0.493 e. The molecule has 0 unspecified atom stereocenters. The highest BCUT2D eigenvalue weighted by atomic mass is 16.5. The molecule has 0 radical (unpaired) electrons. The van der Waals surface area contributed by atoms with Gasteiger partial charge in [0.05, 0.1) is 14.2 Å². The summed E-state index contributed by atoms with van der Waals surface area (Å²) in [7, 11) is 3.26. The van der Waals surface area contributed by atoms with Crippen molar-refractivity contribution in [1.82, 2.24) is 4.90 Å². The molecule has 0 saturated carbocycles. The van der Waals surface area contributed by atoms with Crippen LogP contribution in [0.1, 0.15) is 76.0 Å². The number of carbonyl (C=O) groups excluding carboxylic acids is 2. The van der Waals surface area contributed by atoms with Crippen LogP contribution in [-0.2, 0) is 22.6 Å². The number of Topliss-reactive ketones (excluding diaryl/α,β-unsaturated/α-hetero) is 2. The van der Waals surface area contributed by atoms with Crippen molar-refractivity contribution in [1.29, 1.82) is 0 Å². The van der Waals surface area contributed by atoms with E-state index in [0.29, 0.717) is 37.3 Å². The van der Waals surface area contributed by atoms with Crippen LogP contribution in [-0.4, -0.2) is 30.7 Å². The summed E-state index contributed by atoms with van der Waals surface area (Å²) in [6.07, 6.45) is 4.87. The Morgan fingerprint density at radius 3 is 1.95 bits per heavy atom. The minimum absolute atomic E-state index is 0.124. The van der Waals surface area contributed by atoms with E-state index in [1.165, 1.54) is 0 Å². The molecule has 0 spiro atoms. The van der Waals surface area contributed by atoms with E-state index >= 15 is 0 Å². The zero-order valence-electron chi connectivity index (χ0n) is 24.7. The molecule has 0 amide bonds. The van der Waals surface area contributed by atoms with Gasteiger partial charge in [0.25, 0.3) is 0 Å². The molecule has 0 N–H and O–H groups in total. The number of nitrogens with zero attached hydrogens (tertiary/aromatic N) is 1. The highest BCUT2D eigenvalue weighted by Gasteiger charge is 2.49. The predicted molar refractivity (Wildman–Crippen MR) is 158 cm³/mol. The molecule has 5 heteroatoms. The minimum atomic E-state index is -0.437. The Balaban J connectivity index is 1.80. The Kier molecular flexibility index (Phi) is 7.28. The molecule has 0 saturated heterocycles. The van der Waals surface area contributed by atoms with Gasteiger partial charge in [0.15, 0.2) is 23.1 Å². The molecule has 2 aliphatic carbocycles. The van der Waals surface area contributed by atoms with E-state index in [1.807, 2.05) is 30.3 Å². The van der Waals surface area contributed by atoms with E-state index in [-0.39, 0.29) is 22.4 Å². The van der Waals surface area contributed by atoms with Gasteiger partial charge in [-0.1, -0.05) is 70.2 Å². The van der Waals surface area contributed by atoms with Crippen molar-refractivity contribution in [3.05, 3.63) is 94.4 Å². The third-order valence-electron chi connectivity index (χ3n) is 8.48. The number of ether oxygens (including phenoxy) is 2. The molecule has 40 heavy (non-hydrogen) atoms. The van der Waals surface area contributed by atoms with Crippen LogP contribution in [0.2, 0.25) is 0 Å². The Morgan fingerprint density at radius 2 is 1.45 bits per heavy atom. The SMILES string of the molecule is C=CCc1cc(C2C3=C(CC(C)(C)CC3=O)N(Cc3ccccc3)C3=C2C(=O)CC(C)(C)C3)cc(OC)c1OC. The van der Waals surface area contributed by atoms with E-state index in [1.54, 1.807) is 14.2 Å². The fourth-order valence-corrected chi connectivity index (χ4v) is 6.88. The third kappa shape index (κ3) is 5.02. The predicted octanol–water partition coefficient (Wildman–Crippen LogP) is 7.32. The number of methoxy groups -OCH3 is 2. The average molecular weight is 540 g/mol. The quantitative estimate of drug-likeness (QED) is 0.345. The van der Waals surface area contributed by atoms with Gasteiger partial charge in [0.1, 0.15) is 0 Å².